The van der Waals surface area contributed by atoms with E-state index in [-0.39, 0.29) is 24.0 Å². The molecule has 1 aliphatic heterocycles. The number of ether oxygens (including phenoxy) is 1. The fourth-order valence-corrected chi connectivity index (χ4v) is 5.57. The van der Waals surface area contributed by atoms with Crippen LogP contribution >= 0.6 is 0 Å². The number of anilines is 1. The largest absolute Gasteiger partial charge is 0.497 e. The zero-order chi connectivity index (χ0) is 28.5. The van der Waals surface area contributed by atoms with Crippen molar-refractivity contribution in [3.05, 3.63) is 59.3 Å². The molecule has 1 aliphatic rings. The van der Waals surface area contributed by atoms with Gasteiger partial charge in [0.05, 0.1) is 13.5 Å². The van der Waals surface area contributed by atoms with Crippen molar-refractivity contribution in [3.8, 4) is 5.75 Å². The minimum atomic E-state index is -0.626. The highest BCUT2D eigenvalue weighted by atomic mass is 16.5. The molecule has 2 aromatic carbocycles. The maximum atomic E-state index is 13.3. The first-order chi connectivity index (χ1) is 19.4. The number of rotatable bonds is 14. The van der Waals surface area contributed by atoms with E-state index in [1.165, 1.54) is 11.3 Å². The van der Waals surface area contributed by atoms with Gasteiger partial charge in [0.2, 0.25) is 11.8 Å². The summed E-state index contributed by atoms with van der Waals surface area (Å²) in [7, 11) is 1.62. The molecule has 0 radical (unpaired) electrons. The summed E-state index contributed by atoms with van der Waals surface area (Å²) in [6.07, 6.45) is 5.81. The van der Waals surface area contributed by atoms with Gasteiger partial charge in [-0.3, -0.25) is 9.59 Å². The molecule has 0 fully saturated rings. The number of hydrogen-bond acceptors (Lipinski definition) is 5. The van der Waals surface area contributed by atoms with Gasteiger partial charge < -0.3 is 30.0 Å². The van der Waals surface area contributed by atoms with Crippen LogP contribution in [0.25, 0.3) is 10.9 Å². The number of unbranched alkanes of at least 4 members (excludes halogenated alkanes) is 2. The van der Waals surface area contributed by atoms with Crippen LogP contribution in [0.3, 0.4) is 0 Å². The fourth-order valence-electron chi connectivity index (χ4n) is 5.57. The van der Waals surface area contributed by atoms with Crippen LogP contribution in [-0.2, 0) is 27.2 Å². The third-order valence-electron chi connectivity index (χ3n) is 7.72. The number of ketones is 1. The van der Waals surface area contributed by atoms with Crippen molar-refractivity contribution >= 4 is 34.2 Å². The summed E-state index contributed by atoms with van der Waals surface area (Å²) < 4.78 is 5.38. The number of hydrogen-bond donors (Lipinski definition) is 3. The zero-order valence-corrected chi connectivity index (χ0v) is 24.0. The molecule has 0 spiro atoms. The van der Waals surface area contributed by atoms with Crippen LogP contribution in [0.15, 0.2) is 42.5 Å². The molecule has 0 aliphatic carbocycles. The summed E-state index contributed by atoms with van der Waals surface area (Å²) in [4.78, 5) is 43.5. The number of nitrogens with one attached hydrogen (secondary N) is 3. The number of nitrogens with zero attached hydrogens (tertiary/aromatic N) is 1. The lowest BCUT2D eigenvalue weighted by Gasteiger charge is -2.31. The van der Waals surface area contributed by atoms with Crippen LogP contribution in [0, 0.1) is 6.92 Å². The molecule has 214 valence electrons. The highest BCUT2D eigenvalue weighted by molar-refractivity contribution is 5.93. The number of aryl methyl sites for hydroxylation is 2. The summed E-state index contributed by atoms with van der Waals surface area (Å²) in [5.41, 5.74) is 5.35. The standard InChI is InChI=1S/C32H42N4O4/c1-22(37)10-5-4-6-13-29(32(39)33-17-19-36-18-9-12-24-11-7-8-14-30(24)36)35-31(38)21-26-23(2)34-28-16-15-25(40-3)20-27(26)28/h7-8,11,14-16,20,29,34H,4-6,9-10,12-13,17-19,21H2,1-3H3,(H,33,39)(H,35,38)/t29-/m0/s1. The van der Waals surface area contributed by atoms with E-state index in [1.807, 2.05) is 25.1 Å². The molecule has 3 aromatic rings. The van der Waals surface area contributed by atoms with Crippen LogP contribution in [0.4, 0.5) is 5.69 Å². The number of carbonyl (C=O) groups excluding carboxylic acids is 3. The second-order valence-corrected chi connectivity index (χ2v) is 10.7. The molecule has 0 unspecified atom stereocenters. The van der Waals surface area contributed by atoms with Gasteiger partial charge in [-0.2, -0.15) is 0 Å². The van der Waals surface area contributed by atoms with E-state index in [0.717, 1.165) is 73.1 Å². The molecule has 3 N–H and O–H groups in total. The molecule has 2 amide bonds. The number of fused-ring (bicyclic) bond motifs is 2. The molecule has 0 saturated heterocycles. The van der Waals surface area contributed by atoms with Crippen molar-refractivity contribution in [3.63, 3.8) is 0 Å². The molecule has 0 saturated carbocycles. The van der Waals surface area contributed by atoms with Gasteiger partial charge in [0.25, 0.3) is 0 Å². The molecule has 40 heavy (non-hydrogen) atoms. The molecule has 0 bridgehead atoms. The molecular formula is C32H42N4O4. The zero-order valence-electron chi connectivity index (χ0n) is 24.0. The average molecular weight is 547 g/mol. The van der Waals surface area contributed by atoms with Gasteiger partial charge >= 0.3 is 0 Å². The minimum Gasteiger partial charge on any atom is -0.497 e. The van der Waals surface area contributed by atoms with Crippen LogP contribution in [0.1, 0.15) is 62.3 Å². The van der Waals surface area contributed by atoms with Gasteiger partial charge in [-0.25, -0.2) is 0 Å². The van der Waals surface area contributed by atoms with Crippen LogP contribution in [0.2, 0.25) is 0 Å². The molecule has 8 heteroatoms. The second-order valence-electron chi connectivity index (χ2n) is 10.7. The van der Waals surface area contributed by atoms with Gasteiger partial charge in [-0.05, 0) is 74.9 Å². The quantitative estimate of drug-likeness (QED) is 0.256. The van der Waals surface area contributed by atoms with E-state index in [4.69, 9.17) is 4.74 Å². The Kier molecular flexibility index (Phi) is 10.2. The Hall–Kier alpha value is -3.81. The molecule has 1 aromatic heterocycles. The Balaban J connectivity index is 1.37. The number of aromatic amines is 1. The summed E-state index contributed by atoms with van der Waals surface area (Å²) in [6.45, 7) is 5.74. The van der Waals surface area contributed by atoms with Gasteiger partial charge in [0.1, 0.15) is 17.6 Å². The number of carbonyl (C=O) groups is 3. The fraction of sp³-hybridized carbons (Fsp3) is 0.469. The number of H-pyrrole nitrogens is 1. The first-order valence-electron chi connectivity index (χ1n) is 14.4. The van der Waals surface area contributed by atoms with Crippen molar-refractivity contribution in [2.45, 2.75) is 71.3 Å². The van der Waals surface area contributed by atoms with Gasteiger partial charge in [-0.15, -0.1) is 0 Å². The molecule has 1 atom stereocenters. The van der Waals surface area contributed by atoms with E-state index in [9.17, 15) is 14.4 Å². The maximum Gasteiger partial charge on any atom is 0.242 e. The molecular weight excluding hydrogens is 504 g/mol. The molecule has 2 heterocycles. The average Bonchev–Trinajstić information content (AvgIpc) is 3.25. The molecule has 8 nitrogen and oxygen atoms in total. The van der Waals surface area contributed by atoms with Crippen molar-refractivity contribution in [1.82, 2.24) is 15.6 Å². The van der Waals surface area contributed by atoms with Gasteiger partial charge in [0.15, 0.2) is 0 Å². The minimum absolute atomic E-state index is 0.164. The predicted molar refractivity (Wildman–Crippen MR) is 159 cm³/mol. The third-order valence-corrected chi connectivity index (χ3v) is 7.72. The van der Waals surface area contributed by atoms with Crippen molar-refractivity contribution in [2.75, 3.05) is 31.6 Å². The van der Waals surface area contributed by atoms with E-state index in [1.54, 1.807) is 14.0 Å². The monoisotopic (exact) mass is 546 g/mol. The number of amides is 2. The lowest BCUT2D eigenvalue weighted by molar-refractivity contribution is -0.128. The Labute approximate surface area is 236 Å². The Bertz CT molecular complexity index is 1330. The van der Waals surface area contributed by atoms with E-state index in [2.05, 4.69) is 44.8 Å². The van der Waals surface area contributed by atoms with E-state index < -0.39 is 6.04 Å². The lowest BCUT2D eigenvalue weighted by Crippen LogP contribution is -2.49. The van der Waals surface area contributed by atoms with E-state index in [0.29, 0.717) is 19.4 Å². The maximum absolute atomic E-state index is 13.3. The predicted octanol–water partition coefficient (Wildman–Crippen LogP) is 4.62. The topological polar surface area (TPSA) is 104 Å². The number of benzene rings is 2. The number of aromatic nitrogens is 1. The van der Waals surface area contributed by atoms with E-state index >= 15 is 0 Å². The Morgan fingerprint density at radius 1 is 1.10 bits per heavy atom. The van der Waals surface area contributed by atoms with Crippen molar-refractivity contribution in [1.29, 1.82) is 0 Å². The summed E-state index contributed by atoms with van der Waals surface area (Å²) in [6, 6.07) is 13.6. The third kappa shape index (κ3) is 7.64. The SMILES string of the molecule is COc1ccc2[nH]c(C)c(CC(=O)N[C@@H](CCCCCC(C)=O)C(=O)NCCN3CCCc4ccccc43)c2c1. The van der Waals surface area contributed by atoms with Crippen LogP contribution < -0.4 is 20.3 Å². The highest BCUT2D eigenvalue weighted by Crippen LogP contribution is 2.27. The number of Topliss-reactive ketones (excluding diaryl/α,β-unsaturated/α-hetero) is 1. The van der Waals surface area contributed by atoms with Gasteiger partial charge in [-0.1, -0.05) is 31.0 Å². The van der Waals surface area contributed by atoms with Gasteiger partial charge in [0, 0.05) is 48.3 Å². The lowest BCUT2D eigenvalue weighted by atomic mass is 10.0. The summed E-state index contributed by atoms with van der Waals surface area (Å²) in [5.74, 6) is 0.545. The Morgan fingerprint density at radius 2 is 1.93 bits per heavy atom. The first-order valence-corrected chi connectivity index (χ1v) is 14.4. The number of para-hydroxylation sites is 1. The smallest absolute Gasteiger partial charge is 0.242 e. The molecule has 4 rings (SSSR count). The van der Waals surface area contributed by atoms with Crippen LogP contribution in [0.5, 0.6) is 5.75 Å². The number of methoxy groups -OCH3 is 1. The first kappa shape index (κ1) is 29.2. The van der Waals surface area contributed by atoms with Crippen LogP contribution in [-0.4, -0.2) is 55.4 Å². The van der Waals surface area contributed by atoms with Crippen molar-refractivity contribution < 1.29 is 19.1 Å². The Morgan fingerprint density at radius 3 is 2.73 bits per heavy atom. The normalized spacial score (nSPS) is 13.5. The summed E-state index contributed by atoms with van der Waals surface area (Å²) in [5, 5.41) is 7.01. The highest BCUT2D eigenvalue weighted by Gasteiger charge is 2.23. The summed E-state index contributed by atoms with van der Waals surface area (Å²) >= 11 is 0. The van der Waals surface area contributed by atoms with Crippen molar-refractivity contribution in [2.24, 2.45) is 0 Å². The second kappa shape index (κ2) is 14.0.